The summed E-state index contributed by atoms with van der Waals surface area (Å²) < 4.78 is 18.7. The molecule has 4 nitrogen and oxygen atoms in total. The van der Waals surface area contributed by atoms with E-state index in [9.17, 15) is 9.18 Å². The van der Waals surface area contributed by atoms with Gasteiger partial charge in [0.2, 0.25) is 5.91 Å². The number of amides is 1. The molecule has 1 amide bonds. The number of rotatable bonds is 3. The maximum Gasteiger partial charge on any atom is 0.234 e. The Balaban J connectivity index is 0.00000180. The Hall–Kier alpha value is -1.17. The first kappa shape index (κ1) is 15.9. The number of halogens is 2. The van der Waals surface area contributed by atoms with Crippen molar-refractivity contribution in [2.24, 2.45) is 5.73 Å². The van der Waals surface area contributed by atoms with E-state index in [1.165, 1.54) is 12.1 Å². The van der Waals surface area contributed by atoms with Gasteiger partial charge in [0.1, 0.15) is 5.82 Å². The SMILES string of the molecule is Cl.NCC(=O)NC1(c2cccc(F)c2)CCOCC1. The van der Waals surface area contributed by atoms with Crippen molar-refractivity contribution in [1.29, 1.82) is 0 Å². The van der Waals surface area contributed by atoms with Crippen LogP contribution < -0.4 is 11.1 Å². The van der Waals surface area contributed by atoms with Gasteiger partial charge in [-0.2, -0.15) is 0 Å². The van der Waals surface area contributed by atoms with E-state index < -0.39 is 5.54 Å². The molecular formula is C13H18ClFN2O2. The van der Waals surface area contributed by atoms with Gasteiger partial charge < -0.3 is 15.8 Å². The molecule has 1 heterocycles. The minimum absolute atomic E-state index is 0. The molecule has 0 spiro atoms. The van der Waals surface area contributed by atoms with Gasteiger partial charge >= 0.3 is 0 Å². The molecule has 0 atom stereocenters. The molecule has 1 aliphatic rings. The van der Waals surface area contributed by atoms with E-state index in [4.69, 9.17) is 10.5 Å². The number of ether oxygens (including phenoxy) is 1. The molecule has 6 heteroatoms. The lowest BCUT2D eigenvalue weighted by atomic mass is 9.82. The first-order valence-electron chi connectivity index (χ1n) is 6.01. The summed E-state index contributed by atoms with van der Waals surface area (Å²) in [6.07, 6.45) is 1.25. The largest absolute Gasteiger partial charge is 0.381 e. The minimum atomic E-state index is -0.559. The first-order valence-corrected chi connectivity index (χ1v) is 6.01. The van der Waals surface area contributed by atoms with E-state index in [2.05, 4.69) is 5.32 Å². The second-order valence-electron chi connectivity index (χ2n) is 4.46. The van der Waals surface area contributed by atoms with E-state index in [0.717, 1.165) is 5.56 Å². The minimum Gasteiger partial charge on any atom is -0.381 e. The summed E-state index contributed by atoms with van der Waals surface area (Å²) in [7, 11) is 0. The quantitative estimate of drug-likeness (QED) is 0.882. The summed E-state index contributed by atoms with van der Waals surface area (Å²) in [6.45, 7) is 1.01. The first-order chi connectivity index (χ1) is 8.66. The second-order valence-corrected chi connectivity index (χ2v) is 4.46. The van der Waals surface area contributed by atoms with Gasteiger partial charge in [0, 0.05) is 13.2 Å². The molecule has 1 saturated heterocycles. The highest BCUT2D eigenvalue weighted by atomic mass is 35.5. The number of carbonyl (C=O) groups excluding carboxylic acids is 1. The van der Waals surface area contributed by atoms with Crippen LogP contribution in [0.2, 0.25) is 0 Å². The lowest BCUT2D eigenvalue weighted by Crippen LogP contribution is -2.51. The zero-order valence-corrected chi connectivity index (χ0v) is 11.3. The van der Waals surface area contributed by atoms with E-state index in [1.54, 1.807) is 6.07 Å². The van der Waals surface area contributed by atoms with Crippen LogP contribution >= 0.6 is 12.4 Å². The fraction of sp³-hybridized carbons (Fsp3) is 0.462. The van der Waals surface area contributed by atoms with Crippen LogP contribution in [0.4, 0.5) is 4.39 Å². The van der Waals surface area contributed by atoms with Crippen LogP contribution in [0.1, 0.15) is 18.4 Å². The van der Waals surface area contributed by atoms with Crippen LogP contribution in [0.25, 0.3) is 0 Å². The van der Waals surface area contributed by atoms with Crippen molar-refractivity contribution in [3.63, 3.8) is 0 Å². The van der Waals surface area contributed by atoms with Gasteiger partial charge in [-0.05, 0) is 30.5 Å². The zero-order chi connectivity index (χ0) is 13.0. The van der Waals surface area contributed by atoms with Crippen molar-refractivity contribution in [1.82, 2.24) is 5.32 Å². The third-order valence-corrected chi connectivity index (χ3v) is 3.29. The molecule has 0 unspecified atom stereocenters. The van der Waals surface area contributed by atoms with Crippen molar-refractivity contribution in [3.05, 3.63) is 35.6 Å². The molecule has 0 radical (unpaired) electrons. The van der Waals surface area contributed by atoms with Crippen molar-refractivity contribution in [3.8, 4) is 0 Å². The van der Waals surface area contributed by atoms with Gasteiger partial charge in [-0.15, -0.1) is 12.4 Å². The number of nitrogens with two attached hydrogens (primary N) is 1. The number of hydrogen-bond donors (Lipinski definition) is 2. The van der Waals surface area contributed by atoms with Crippen LogP contribution in [-0.4, -0.2) is 25.7 Å². The molecule has 2 rings (SSSR count). The Morgan fingerprint density at radius 2 is 2.11 bits per heavy atom. The summed E-state index contributed by atoms with van der Waals surface area (Å²) in [4.78, 5) is 11.6. The van der Waals surface area contributed by atoms with Gasteiger partial charge in [-0.3, -0.25) is 4.79 Å². The fourth-order valence-corrected chi connectivity index (χ4v) is 2.31. The van der Waals surface area contributed by atoms with Gasteiger partial charge in [0.25, 0.3) is 0 Å². The van der Waals surface area contributed by atoms with Gasteiger partial charge in [-0.1, -0.05) is 12.1 Å². The standard InChI is InChI=1S/C13H17FN2O2.ClH/c14-11-3-1-2-10(8-11)13(16-12(17)9-15)4-6-18-7-5-13;/h1-3,8H,4-7,9,15H2,(H,16,17);1H. The molecule has 1 fully saturated rings. The average Bonchev–Trinajstić information content (AvgIpc) is 2.39. The van der Waals surface area contributed by atoms with E-state index in [0.29, 0.717) is 26.1 Å². The van der Waals surface area contributed by atoms with Crippen LogP contribution in [0.5, 0.6) is 0 Å². The number of benzene rings is 1. The predicted molar refractivity (Wildman–Crippen MR) is 72.6 cm³/mol. The Morgan fingerprint density at radius 3 is 2.68 bits per heavy atom. The molecule has 0 bridgehead atoms. The second kappa shape index (κ2) is 6.84. The molecule has 0 saturated carbocycles. The van der Waals surface area contributed by atoms with Crippen LogP contribution in [0, 0.1) is 5.82 Å². The number of hydrogen-bond acceptors (Lipinski definition) is 3. The molecule has 19 heavy (non-hydrogen) atoms. The molecule has 0 aromatic heterocycles. The Bertz CT molecular complexity index is 436. The van der Waals surface area contributed by atoms with Crippen LogP contribution in [-0.2, 0) is 15.1 Å². The molecule has 1 aliphatic heterocycles. The normalized spacial score (nSPS) is 17.4. The summed E-state index contributed by atoms with van der Waals surface area (Å²) in [5.74, 6) is -0.540. The third-order valence-electron chi connectivity index (χ3n) is 3.29. The van der Waals surface area contributed by atoms with Crippen molar-refractivity contribution in [2.45, 2.75) is 18.4 Å². The lowest BCUT2D eigenvalue weighted by molar-refractivity contribution is -0.123. The summed E-state index contributed by atoms with van der Waals surface area (Å²) >= 11 is 0. The topological polar surface area (TPSA) is 64.4 Å². The molecule has 1 aromatic carbocycles. The molecule has 3 N–H and O–H groups in total. The van der Waals surface area contributed by atoms with Gasteiger partial charge in [0.05, 0.1) is 12.1 Å². The van der Waals surface area contributed by atoms with E-state index in [-0.39, 0.29) is 30.7 Å². The highest BCUT2D eigenvalue weighted by Crippen LogP contribution is 2.32. The Labute approximate surface area is 117 Å². The third kappa shape index (κ3) is 3.65. The summed E-state index contributed by atoms with van der Waals surface area (Å²) in [5, 5.41) is 2.91. The Kier molecular flexibility index (Phi) is 5.72. The Morgan fingerprint density at radius 1 is 1.42 bits per heavy atom. The van der Waals surface area contributed by atoms with E-state index >= 15 is 0 Å². The van der Waals surface area contributed by atoms with Crippen molar-refractivity contribution in [2.75, 3.05) is 19.8 Å². The maximum atomic E-state index is 13.3. The molecule has 106 valence electrons. The van der Waals surface area contributed by atoms with Crippen molar-refractivity contribution >= 4 is 18.3 Å². The van der Waals surface area contributed by atoms with Crippen molar-refractivity contribution < 1.29 is 13.9 Å². The van der Waals surface area contributed by atoms with Crippen LogP contribution in [0.3, 0.4) is 0 Å². The fourth-order valence-electron chi connectivity index (χ4n) is 2.31. The number of nitrogens with one attached hydrogen (secondary N) is 1. The molecule has 0 aliphatic carbocycles. The summed E-state index contributed by atoms with van der Waals surface area (Å²) in [6, 6.07) is 6.32. The highest BCUT2D eigenvalue weighted by Gasteiger charge is 2.35. The van der Waals surface area contributed by atoms with E-state index in [1.807, 2.05) is 6.07 Å². The highest BCUT2D eigenvalue weighted by molar-refractivity contribution is 5.85. The smallest absolute Gasteiger partial charge is 0.234 e. The lowest BCUT2D eigenvalue weighted by Gasteiger charge is -2.38. The zero-order valence-electron chi connectivity index (χ0n) is 10.5. The summed E-state index contributed by atoms with van der Waals surface area (Å²) in [5.41, 5.74) is 5.55. The average molecular weight is 289 g/mol. The number of carbonyl (C=O) groups is 1. The van der Waals surface area contributed by atoms with Gasteiger partial charge in [-0.25, -0.2) is 4.39 Å². The monoisotopic (exact) mass is 288 g/mol. The van der Waals surface area contributed by atoms with Crippen LogP contribution in [0.15, 0.2) is 24.3 Å². The molecular weight excluding hydrogens is 271 g/mol. The predicted octanol–water partition coefficient (Wildman–Crippen LogP) is 1.33. The maximum absolute atomic E-state index is 13.3. The molecule has 1 aromatic rings. The van der Waals surface area contributed by atoms with Gasteiger partial charge in [0.15, 0.2) is 0 Å².